The van der Waals surface area contributed by atoms with Crippen molar-refractivity contribution in [2.24, 2.45) is 5.73 Å². The molecule has 9 heteroatoms. The van der Waals surface area contributed by atoms with Crippen molar-refractivity contribution in [2.75, 3.05) is 29.9 Å². The second kappa shape index (κ2) is 6.71. The van der Waals surface area contributed by atoms with Gasteiger partial charge < -0.3 is 25.5 Å². The van der Waals surface area contributed by atoms with Crippen molar-refractivity contribution in [3.8, 4) is 0 Å². The lowest BCUT2D eigenvalue weighted by molar-refractivity contribution is 0.0249. The number of aliphatic hydroxyl groups is 1. The number of benzene rings is 1. The van der Waals surface area contributed by atoms with Crippen molar-refractivity contribution >= 4 is 39.5 Å². The standard InChI is InChI=1S/C20H23N7O2/c1-12-14-3-2-13(10-16(14)26-25-12)22-19-23-15-4-9-29-17(15)18(24-19)27-7-5-20(28,11-21)6-8-27/h2-4,9-10,28H,5-8,11,21H2,1H3,(H,25,26)(H,22,23,24). The topological polar surface area (TPSA) is 129 Å². The van der Waals surface area contributed by atoms with E-state index in [4.69, 9.17) is 15.1 Å². The number of aryl methyl sites for hydroxylation is 1. The monoisotopic (exact) mass is 393 g/mol. The zero-order valence-corrected chi connectivity index (χ0v) is 16.1. The van der Waals surface area contributed by atoms with E-state index in [2.05, 4.69) is 25.4 Å². The van der Waals surface area contributed by atoms with Crippen LogP contribution in [0.3, 0.4) is 0 Å². The summed E-state index contributed by atoms with van der Waals surface area (Å²) in [5, 5.41) is 22.1. The highest BCUT2D eigenvalue weighted by Crippen LogP contribution is 2.31. The fraction of sp³-hybridized carbons (Fsp3) is 0.350. The van der Waals surface area contributed by atoms with Crippen LogP contribution in [0.15, 0.2) is 34.9 Å². The van der Waals surface area contributed by atoms with E-state index in [0.29, 0.717) is 37.5 Å². The lowest BCUT2D eigenvalue weighted by Crippen LogP contribution is -2.49. The van der Waals surface area contributed by atoms with Gasteiger partial charge in [0.1, 0.15) is 5.52 Å². The lowest BCUT2D eigenvalue weighted by atomic mass is 9.92. The van der Waals surface area contributed by atoms with Crippen LogP contribution in [0.5, 0.6) is 0 Å². The molecule has 29 heavy (non-hydrogen) atoms. The molecule has 4 aromatic rings. The van der Waals surface area contributed by atoms with E-state index in [1.54, 1.807) is 6.26 Å². The zero-order valence-electron chi connectivity index (χ0n) is 16.1. The fourth-order valence-corrected chi connectivity index (χ4v) is 3.81. The Kier molecular flexibility index (Phi) is 4.14. The molecular formula is C20H23N7O2. The van der Waals surface area contributed by atoms with Gasteiger partial charge in [-0.25, -0.2) is 4.98 Å². The quantitative estimate of drug-likeness (QED) is 0.416. The Balaban J connectivity index is 1.47. The molecule has 0 aliphatic carbocycles. The molecular weight excluding hydrogens is 370 g/mol. The van der Waals surface area contributed by atoms with Gasteiger partial charge in [0.15, 0.2) is 11.4 Å². The number of rotatable bonds is 4. The minimum absolute atomic E-state index is 0.267. The molecule has 0 spiro atoms. The van der Waals surface area contributed by atoms with Gasteiger partial charge in [0.2, 0.25) is 5.95 Å². The number of hydrogen-bond acceptors (Lipinski definition) is 8. The van der Waals surface area contributed by atoms with Gasteiger partial charge >= 0.3 is 0 Å². The minimum Gasteiger partial charge on any atom is -0.459 e. The highest BCUT2D eigenvalue weighted by atomic mass is 16.3. The number of furan rings is 1. The zero-order chi connectivity index (χ0) is 20.0. The molecule has 0 atom stereocenters. The van der Waals surface area contributed by atoms with E-state index >= 15 is 0 Å². The molecule has 150 valence electrons. The molecule has 0 amide bonds. The third-order valence-electron chi connectivity index (χ3n) is 5.66. The number of nitrogens with one attached hydrogen (secondary N) is 2. The van der Waals surface area contributed by atoms with Crippen molar-refractivity contribution < 1.29 is 9.52 Å². The van der Waals surface area contributed by atoms with Crippen molar-refractivity contribution in [1.29, 1.82) is 0 Å². The van der Waals surface area contributed by atoms with Crippen molar-refractivity contribution in [3.63, 3.8) is 0 Å². The van der Waals surface area contributed by atoms with Crippen molar-refractivity contribution in [3.05, 3.63) is 36.2 Å². The average Bonchev–Trinajstić information content (AvgIpc) is 3.35. The molecule has 0 radical (unpaired) electrons. The smallest absolute Gasteiger partial charge is 0.229 e. The number of aromatic nitrogens is 4. The number of fused-ring (bicyclic) bond motifs is 2. The second-order valence-electron chi connectivity index (χ2n) is 7.63. The summed E-state index contributed by atoms with van der Waals surface area (Å²) < 4.78 is 5.65. The Hall–Kier alpha value is -3.17. The first-order valence-corrected chi connectivity index (χ1v) is 9.69. The van der Waals surface area contributed by atoms with Crippen LogP contribution in [0.4, 0.5) is 17.5 Å². The first kappa shape index (κ1) is 17.9. The number of aromatic amines is 1. The SMILES string of the molecule is Cc1[nH]nc2cc(Nc3nc(N4CCC(O)(CN)CC4)c4occc4n3)ccc12. The highest BCUT2D eigenvalue weighted by Gasteiger charge is 2.32. The van der Waals surface area contributed by atoms with Gasteiger partial charge in [-0.1, -0.05) is 0 Å². The van der Waals surface area contributed by atoms with Crippen molar-refractivity contribution in [1.82, 2.24) is 20.2 Å². The Labute approximate surface area is 166 Å². The summed E-state index contributed by atoms with van der Waals surface area (Å²) in [6.07, 6.45) is 2.80. The van der Waals surface area contributed by atoms with Crippen molar-refractivity contribution in [2.45, 2.75) is 25.4 Å². The molecule has 5 N–H and O–H groups in total. The fourth-order valence-electron chi connectivity index (χ4n) is 3.81. The van der Waals surface area contributed by atoms with Crippen LogP contribution in [0.25, 0.3) is 22.0 Å². The van der Waals surface area contributed by atoms with Gasteiger partial charge in [-0.2, -0.15) is 10.1 Å². The summed E-state index contributed by atoms with van der Waals surface area (Å²) in [6, 6.07) is 7.79. The Morgan fingerprint density at radius 2 is 2.07 bits per heavy atom. The molecule has 3 aromatic heterocycles. The van der Waals surface area contributed by atoms with Crippen LogP contribution in [0.2, 0.25) is 0 Å². The molecule has 0 saturated carbocycles. The van der Waals surface area contributed by atoms with Crippen LogP contribution < -0.4 is 16.0 Å². The van der Waals surface area contributed by atoms with E-state index in [1.165, 1.54) is 0 Å². The predicted molar refractivity (Wildman–Crippen MR) is 111 cm³/mol. The van der Waals surface area contributed by atoms with Crippen LogP contribution in [0.1, 0.15) is 18.5 Å². The summed E-state index contributed by atoms with van der Waals surface area (Å²) in [7, 11) is 0. The summed E-state index contributed by atoms with van der Waals surface area (Å²) in [6.45, 7) is 3.56. The first-order chi connectivity index (χ1) is 14.0. The van der Waals surface area contributed by atoms with Gasteiger partial charge in [-0.3, -0.25) is 5.10 Å². The predicted octanol–water partition coefficient (Wildman–Crippen LogP) is 2.44. The third-order valence-corrected chi connectivity index (χ3v) is 5.66. The average molecular weight is 393 g/mol. The first-order valence-electron chi connectivity index (χ1n) is 9.69. The van der Waals surface area contributed by atoms with Gasteiger partial charge in [0.05, 0.1) is 17.4 Å². The molecule has 1 saturated heterocycles. The number of nitrogens with two attached hydrogens (primary N) is 1. The highest BCUT2D eigenvalue weighted by molar-refractivity contribution is 5.87. The Morgan fingerprint density at radius 1 is 1.24 bits per heavy atom. The summed E-state index contributed by atoms with van der Waals surface area (Å²) in [5.41, 5.74) is 9.06. The lowest BCUT2D eigenvalue weighted by Gasteiger charge is -2.37. The van der Waals surface area contributed by atoms with Crippen LogP contribution in [-0.4, -0.2) is 50.5 Å². The number of H-pyrrole nitrogens is 1. The molecule has 0 unspecified atom stereocenters. The normalized spacial score (nSPS) is 16.6. The third kappa shape index (κ3) is 3.18. The van der Waals surface area contributed by atoms with E-state index in [0.717, 1.165) is 33.6 Å². The minimum atomic E-state index is -0.802. The van der Waals surface area contributed by atoms with Gasteiger partial charge in [-0.05, 0) is 38.0 Å². The maximum absolute atomic E-state index is 10.4. The number of anilines is 3. The van der Waals surface area contributed by atoms with E-state index in [-0.39, 0.29) is 6.54 Å². The van der Waals surface area contributed by atoms with Gasteiger partial charge in [0.25, 0.3) is 0 Å². The molecule has 9 nitrogen and oxygen atoms in total. The second-order valence-corrected chi connectivity index (χ2v) is 7.63. The van der Waals surface area contributed by atoms with Crippen LogP contribution in [0, 0.1) is 6.92 Å². The van der Waals surface area contributed by atoms with Crippen LogP contribution >= 0.6 is 0 Å². The largest absolute Gasteiger partial charge is 0.459 e. The molecule has 1 aliphatic rings. The van der Waals surface area contributed by atoms with E-state index in [9.17, 15) is 5.11 Å². The van der Waals surface area contributed by atoms with Gasteiger partial charge in [0, 0.05) is 42.5 Å². The molecule has 1 aliphatic heterocycles. The van der Waals surface area contributed by atoms with Crippen LogP contribution in [-0.2, 0) is 0 Å². The number of hydrogen-bond donors (Lipinski definition) is 4. The van der Waals surface area contributed by atoms with E-state index in [1.807, 2.05) is 31.2 Å². The Bertz CT molecular complexity index is 1170. The number of piperidine rings is 1. The number of nitrogens with zero attached hydrogens (tertiary/aromatic N) is 4. The molecule has 4 heterocycles. The molecule has 0 bridgehead atoms. The Morgan fingerprint density at radius 3 is 2.86 bits per heavy atom. The summed E-state index contributed by atoms with van der Waals surface area (Å²) in [4.78, 5) is 11.4. The molecule has 1 fully saturated rings. The maximum Gasteiger partial charge on any atom is 0.229 e. The molecule has 1 aromatic carbocycles. The summed E-state index contributed by atoms with van der Waals surface area (Å²) in [5.74, 6) is 1.21. The van der Waals surface area contributed by atoms with E-state index < -0.39 is 5.60 Å². The maximum atomic E-state index is 10.4. The summed E-state index contributed by atoms with van der Waals surface area (Å²) >= 11 is 0. The van der Waals surface area contributed by atoms with Gasteiger partial charge in [-0.15, -0.1) is 0 Å². The molecule has 5 rings (SSSR count).